The van der Waals surface area contributed by atoms with Gasteiger partial charge in [-0.15, -0.1) is 0 Å². The normalized spacial score (nSPS) is 11.3. The number of pyridine rings is 2. The van der Waals surface area contributed by atoms with Crippen molar-refractivity contribution in [3.63, 3.8) is 0 Å². The molecule has 8 nitrogen and oxygen atoms in total. The van der Waals surface area contributed by atoms with Crippen LogP contribution < -0.4 is 5.32 Å². The Bertz CT molecular complexity index is 1200. The number of hydrogen-bond acceptors (Lipinski definition) is 5. The van der Waals surface area contributed by atoms with E-state index in [0.29, 0.717) is 11.4 Å². The predicted octanol–water partition coefficient (Wildman–Crippen LogP) is 4.30. The average molecular weight is 423 g/mol. The van der Waals surface area contributed by atoms with Crippen LogP contribution in [0.3, 0.4) is 0 Å². The topological polar surface area (TPSA) is 90.5 Å². The molecule has 158 valence electrons. The molecule has 0 spiro atoms. The molecule has 0 fully saturated rings. The molecule has 31 heavy (non-hydrogen) atoms. The molecule has 0 bridgehead atoms. The van der Waals surface area contributed by atoms with Gasteiger partial charge in [-0.2, -0.15) is 5.10 Å². The lowest BCUT2D eigenvalue weighted by Gasteiger charge is -2.12. The molecular formula is C21H19F2N7O. The van der Waals surface area contributed by atoms with Gasteiger partial charge in [0.15, 0.2) is 0 Å². The number of nitrogens with zero attached hydrogens (tertiary/aromatic N) is 6. The summed E-state index contributed by atoms with van der Waals surface area (Å²) in [4.78, 5) is 25.3. The van der Waals surface area contributed by atoms with E-state index in [0.717, 1.165) is 5.69 Å². The summed E-state index contributed by atoms with van der Waals surface area (Å²) in [6.07, 6.45) is 4.74. The van der Waals surface area contributed by atoms with E-state index in [1.165, 1.54) is 17.1 Å². The first-order valence-electron chi connectivity index (χ1n) is 9.52. The number of hydrogen-bond donors (Lipinski definition) is 1. The van der Waals surface area contributed by atoms with E-state index in [2.05, 4.69) is 25.4 Å². The molecule has 0 unspecified atom stereocenters. The largest absolute Gasteiger partial charge is 0.327 e. The van der Waals surface area contributed by atoms with Crippen LogP contribution in [0.5, 0.6) is 0 Å². The maximum atomic E-state index is 13.5. The molecular weight excluding hydrogens is 404 g/mol. The van der Waals surface area contributed by atoms with E-state index < -0.39 is 18.0 Å². The number of anilines is 1. The highest BCUT2D eigenvalue weighted by molar-refractivity contribution is 6.04. The second kappa shape index (κ2) is 8.42. The molecule has 4 aromatic heterocycles. The summed E-state index contributed by atoms with van der Waals surface area (Å²) in [6.45, 7) is 4.03. The Morgan fingerprint density at radius 1 is 1.10 bits per heavy atom. The Morgan fingerprint density at radius 3 is 2.65 bits per heavy atom. The van der Waals surface area contributed by atoms with Crippen LogP contribution >= 0.6 is 0 Å². The van der Waals surface area contributed by atoms with Crippen molar-refractivity contribution in [2.75, 3.05) is 5.32 Å². The Balaban J connectivity index is 1.63. The zero-order chi connectivity index (χ0) is 22.0. The molecule has 1 amide bonds. The fourth-order valence-corrected chi connectivity index (χ4v) is 3.09. The van der Waals surface area contributed by atoms with Gasteiger partial charge in [0.1, 0.15) is 11.5 Å². The van der Waals surface area contributed by atoms with Gasteiger partial charge >= 0.3 is 0 Å². The van der Waals surface area contributed by atoms with Crippen LogP contribution in [0.1, 0.15) is 42.4 Å². The highest BCUT2D eigenvalue weighted by Gasteiger charge is 2.24. The second-order valence-corrected chi connectivity index (χ2v) is 7.03. The number of rotatable bonds is 6. The Morgan fingerprint density at radius 2 is 1.94 bits per heavy atom. The van der Waals surface area contributed by atoms with Gasteiger partial charge in [-0.05, 0) is 38.1 Å². The van der Waals surface area contributed by atoms with Crippen molar-refractivity contribution in [3.8, 4) is 17.1 Å². The second-order valence-electron chi connectivity index (χ2n) is 7.03. The molecule has 0 saturated carbocycles. The maximum absolute atomic E-state index is 13.5. The fraction of sp³-hybridized carbons (Fsp3) is 0.190. The van der Waals surface area contributed by atoms with E-state index >= 15 is 0 Å². The van der Waals surface area contributed by atoms with Crippen molar-refractivity contribution in [2.45, 2.75) is 26.3 Å². The minimum absolute atomic E-state index is 0.171. The number of amides is 1. The summed E-state index contributed by atoms with van der Waals surface area (Å²) in [6, 6.07) is 8.57. The molecule has 0 aromatic carbocycles. The summed E-state index contributed by atoms with van der Waals surface area (Å²) < 4.78 is 30.2. The lowest BCUT2D eigenvalue weighted by Crippen LogP contribution is -2.14. The molecule has 4 heterocycles. The van der Waals surface area contributed by atoms with Gasteiger partial charge in [-0.3, -0.25) is 9.78 Å². The van der Waals surface area contributed by atoms with Gasteiger partial charge in [0, 0.05) is 18.4 Å². The minimum Gasteiger partial charge on any atom is -0.327 e. The first kappa shape index (κ1) is 20.3. The van der Waals surface area contributed by atoms with Crippen LogP contribution in [-0.4, -0.2) is 35.2 Å². The lowest BCUT2D eigenvalue weighted by atomic mass is 10.2. The van der Waals surface area contributed by atoms with Gasteiger partial charge in [0.25, 0.3) is 12.3 Å². The van der Waals surface area contributed by atoms with Crippen LogP contribution in [0.25, 0.3) is 17.1 Å². The third-order valence-corrected chi connectivity index (χ3v) is 4.58. The van der Waals surface area contributed by atoms with E-state index in [1.54, 1.807) is 49.1 Å². The number of nitrogens with one attached hydrogen (secondary N) is 1. The van der Waals surface area contributed by atoms with Gasteiger partial charge in [-0.25, -0.2) is 23.4 Å². The number of halogens is 2. The van der Waals surface area contributed by atoms with Crippen LogP contribution in [-0.2, 0) is 0 Å². The fourth-order valence-electron chi connectivity index (χ4n) is 3.09. The summed E-state index contributed by atoms with van der Waals surface area (Å²) >= 11 is 0. The first-order chi connectivity index (χ1) is 14.9. The van der Waals surface area contributed by atoms with Crippen molar-refractivity contribution in [1.82, 2.24) is 29.3 Å². The van der Waals surface area contributed by atoms with Gasteiger partial charge in [0.2, 0.25) is 0 Å². The molecule has 0 aliphatic rings. The van der Waals surface area contributed by atoms with Crippen molar-refractivity contribution >= 4 is 11.7 Å². The van der Waals surface area contributed by atoms with Crippen LogP contribution in [0.2, 0.25) is 0 Å². The number of carbonyl (C=O) groups excluding carboxylic acids is 1. The molecule has 0 aliphatic carbocycles. The van der Waals surface area contributed by atoms with Gasteiger partial charge in [-0.1, -0.05) is 6.07 Å². The monoisotopic (exact) mass is 423 g/mol. The van der Waals surface area contributed by atoms with Gasteiger partial charge in [0.05, 0.1) is 41.4 Å². The molecule has 1 N–H and O–H groups in total. The Hall–Kier alpha value is -3.95. The standard InChI is InChI=1S/C21H19F2N7O/c1-13(2)29-12-25-10-17(29)16-6-3-7-18(26-16)27-21(31)15-11-30(28-19(15)20(22)23)14-5-4-8-24-9-14/h3-13,20H,1-2H3,(H,26,27,31). The van der Waals surface area contributed by atoms with Crippen LogP contribution in [0, 0.1) is 0 Å². The summed E-state index contributed by atoms with van der Waals surface area (Å²) in [5, 5.41) is 6.45. The average Bonchev–Trinajstić information content (AvgIpc) is 3.42. The number of carbonyl (C=O) groups is 1. The third kappa shape index (κ3) is 4.18. The van der Waals surface area contributed by atoms with Crippen LogP contribution in [0.15, 0.2) is 61.4 Å². The van der Waals surface area contributed by atoms with E-state index in [4.69, 9.17) is 0 Å². The molecule has 4 rings (SSSR count). The van der Waals surface area contributed by atoms with Crippen molar-refractivity contribution < 1.29 is 13.6 Å². The first-order valence-corrected chi connectivity index (χ1v) is 9.52. The predicted molar refractivity (Wildman–Crippen MR) is 110 cm³/mol. The third-order valence-electron chi connectivity index (χ3n) is 4.58. The van der Waals surface area contributed by atoms with Crippen molar-refractivity contribution in [3.05, 3.63) is 72.7 Å². The molecule has 10 heteroatoms. The van der Waals surface area contributed by atoms with Crippen molar-refractivity contribution in [2.24, 2.45) is 0 Å². The highest BCUT2D eigenvalue weighted by atomic mass is 19.3. The maximum Gasteiger partial charge on any atom is 0.282 e. The quantitative estimate of drug-likeness (QED) is 0.499. The Labute approximate surface area is 176 Å². The molecule has 0 atom stereocenters. The smallest absolute Gasteiger partial charge is 0.282 e. The number of alkyl halides is 2. The zero-order valence-corrected chi connectivity index (χ0v) is 16.8. The number of imidazole rings is 1. The van der Waals surface area contributed by atoms with Crippen molar-refractivity contribution in [1.29, 1.82) is 0 Å². The molecule has 0 radical (unpaired) electrons. The summed E-state index contributed by atoms with van der Waals surface area (Å²) in [7, 11) is 0. The minimum atomic E-state index is -2.92. The van der Waals surface area contributed by atoms with E-state index in [1.807, 2.05) is 18.4 Å². The highest BCUT2D eigenvalue weighted by Crippen LogP contribution is 2.25. The summed E-state index contributed by atoms with van der Waals surface area (Å²) in [5.74, 6) is -0.499. The molecule has 4 aromatic rings. The Kier molecular flexibility index (Phi) is 5.52. The number of aromatic nitrogens is 6. The molecule has 0 saturated heterocycles. The lowest BCUT2D eigenvalue weighted by molar-refractivity contribution is 0.101. The molecule has 0 aliphatic heterocycles. The zero-order valence-electron chi connectivity index (χ0n) is 16.8. The summed E-state index contributed by atoms with van der Waals surface area (Å²) in [5.41, 5.74) is 0.993. The van der Waals surface area contributed by atoms with E-state index in [-0.39, 0.29) is 17.4 Å². The van der Waals surface area contributed by atoms with Gasteiger partial charge < -0.3 is 9.88 Å². The van der Waals surface area contributed by atoms with Crippen LogP contribution in [0.4, 0.5) is 14.6 Å². The van der Waals surface area contributed by atoms with E-state index in [9.17, 15) is 13.6 Å². The SMILES string of the molecule is CC(C)n1cncc1-c1cccc(NC(=O)c2cn(-c3cccnc3)nc2C(F)F)n1.